The average molecular weight is 257 g/mol. The van der Waals surface area contributed by atoms with E-state index in [9.17, 15) is 10.1 Å². The van der Waals surface area contributed by atoms with Crippen molar-refractivity contribution in [1.29, 1.82) is 0 Å². The zero-order valence-corrected chi connectivity index (χ0v) is 8.96. The second-order valence-corrected chi connectivity index (χ2v) is 3.17. The van der Waals surface area contributed by atoms with Gasteiger partial charge in [-0.1, -0.05) is 5.16 Å². The van der Waals surface area contributed by atoms with E-state index < -0.39 is 4.92 Å². The molecule has 2 heterocycles. The first kappa shape index (κ1) is 11.2. The lowest BCUT2D eigenvalue weighted by atomic mass is 10.4. The molecule has 17 heavy (non-hydrogen) atoms. The van der Waals surface area contributed by atoms with Gasteiger partial charge in [0.25, 0.3) is 0 Å². The molecule has 1 N–H and O–H groups in total. The van der Waals surface area contributed by atoms with E-state index in [1.165, 1.54) is 0 Å². The van der Waals surface area contributed by atoms with Crippen LogP contribution in [0.25, 0.3) is 0 Å². The lowest BCUT2D eigenvalue weighted by Crippen LogP contribution is -2.06. The van der Waals surface area contributed by atoms with Crippen LogP contribution in [0.15, 0.2) is 17.1 Å². The Hall–Kier alpha value is -2.29. The molecule has 0 aliphatic heterocycles. The highest BCUT2D eigenvalue weighted by Gasteiger charge is 2.16. The van der Waals surface area contributed by atoms with Crippen molar-refractivity contribution >= 4 is 23.1 Å². The maximum atomic E-state index is 10.7. The highest BCUT2D eigenvalue weighted by atomic mass is 35.5. The fourth-order valence-corrected chi connectivity index (χ4v) is 1.18. The minimum absolute atomic E-state index is 0.000185. The summed E-state index contributed by atoms with van der Waals surface area (Å²) in [7, 11) is 0. The van der Waals surface area contributed by atoms with Gasteiger partial charge in [0.2, 0.25) is 17.5 Å². The van der Waals surface area contributed by atoms with E-state index in [-0.39, 0.29) is 23.3 Å². The van der Waals surface area contributed by atoms with Crippen LogP contribution in [-0.2, 0) is 6.54 Å². The molecule has 0 aliphatic carbocycles. The van der Waals surface area contributed by atoms with Crippen LogP contribution in [0.2, 0.25) is 5.28 Å². The van der Waals surface area contributed by atoms with Crippen LogP contribution < -0.4 is 5.32 Å². The van der Waals surface area contributed by atoms with Gasteiger partial charge in [0.15, 0.2) is 5.82 Å². The fourth-order valence-electron chi connectivity index (χ4n) is 1.05. The molecular weight excluding hydrogens is 252 g/mol. The number of nitro groups is 1. The third kappa shape index (κ3) is 2.64. The first-order chi connectivity index (χ1) is 8.16. The van der Waals surface area contributed by atoms with Gasteiger partial charge in [0, 0.05) is 0 Å². The van der Waals surface area contributed by atoms with Crippen molar-refractivity contribution in [3.8, 4) is 0 Å². The summed E-state index contributed by atoms with van der Waals surface area (Å²) in [4.78, 5) is 21.1. The van der Waals surface area contributed by atoms with Crippen molar-refractivity contribution < 1.29 is 9.45 Å². The fraction of sp³-hybridized carbons (Fsp3) is 0.143. The first-order valence-corrected chi connectivity index (χ1v) is 4.70. The Morgan fingerprint density at radius 3 is 3.00 bits per heavy atom. The molecule has 0 fully saturated rings. The SMILES string of the molecule is O=[N+]([O-])c1cnc(Cl)nc1NCc1ncon1. The number of aromatic nitrogens is 4. The van der Waals surface area contributed by atoms with Crippen LogP contribution in [-0.4, -0.2) is 25.0 Å². The van der Waals surface area contributed by atoms with Crippen LogP contribution in [0, 0.1) is 10.1 Å². The zero-order valence-electron chi connectivity index (χ0n) is 8.20. The number of nitrogens with one attached hydrogen (secondary N) is 1. The molecule has 2 rings (SSSR count). The third-order valence-electron chi connectivity index (χ3n) is 1.76. The van der Waals surface area contributed by atoms with Gasteiger partial charge in [-0.25, -0.2) is 4.98 Å². The van der Waals surface area contributed by atoms with Gasteiger partial charge in [-0.15, -0.1) is 0 Å². The summed E-state index contributed by atoms with van der Waals surface area (Å²) in [6.07, 6.45) is 2.17. The summed E-state index contributed by atoms with van der Waals surface area (Å²) in [5, 5.41) is 16.8. The normalized spacial score (nSPS) is 10.2. The Morgan fingerprint density at radius 2 is 2.35 bits per heavy atom. The van der Waals surface area contributed by atoms with Crippen LogP contribution in [0.1, 0.15) is 5.82 Å². The minimum Gasteiger partial charge on any atom is -0.357 e. The molecule has 2 aromatic rings. The molecule has 2 aromatic heterocycles. The van der Waals surface area contributed by atoms with E-state index in [4.69, 9.17) is 11.6 Å². The summed E-state index contributed by atoms with van der Waals surface area (Å²) in [6, 6.07) is 0. The number of rotatable bonds is 4. The summed E-state index contributed by atoms with van der Waals surface area (Å²) in [6.45, 7) is 0.130. The molecule has 10 heteroatoms. The topological polar surface area (TPSA) is 120 Å². The van der Waals surface area contributed by atoms with Crippen molar-refractivity contribution in [3.63, 3.8) is 0 Å². The molecule has 0 bridgehead atoms. The summed E-state index contributed by atoms with van der Waals surface area (Å²) in [5.41, 5.74) is -0.280. The molecule has 0 atom stereocenters. The van der Waals surface area contributed by atoms with Gasteiger partial charge >= 0.3 is 5.69 Å². The van der Waals surface area contributed by atoms with Gasteiger partial charge in [-0.05, 0) is 11.6 Å². The molecule has 0 radical (unpaired) electrons. The molecule has 0 aliphatic rings. The van der Waals surface area contributed by atoms with Crippen molar-refractivity contribution in [2.75, 3.05) is 5.32 Å². The molecule has 0 aromatic carbocycles. The molecule has 0 unspecified atom stereocenters. The molecule has 0 saturated heterocycles. The summed E-state index contributed by atoms with van der Waals surface area (Å²) in [5.74, 6) is 0.342. The first-order valence-electron chi connectivity index (χ1n) is 4.33. The predicted molar refractivity (Wildman–Crippen MR) is 55.3 cm³/mol. The average Bonchev–Trinajstić information content (AvgIpc) is 2.78. The Bertz CT molecular complexity index is 530. The monoisotopic (exact) mass is 256 g/mol. The van der Waals surface area contributed by atoms with Crippen LogP contribution in [0.5, 0.6) is 0 Å². The highest BCUT2D eigenvalue weighted by Crippen LogP contribution is 2.22. The van der Waals surface area contributed by atoms with Crippen LogP contribution >= 0.6 is 11.6 Å². The number of hydrogen-bond donors (Lipinski definition) is 1. The van der Waals surface area contributed by atoms with Crippen molar-refractivity contribution in [3.05, 3.63) is 33.8 Å². The quantitative estimate of drug-likeness (QED) is 0.489. The zero-order chi connectivity index (χ0) is 12.3. The lowest BCUT2D eigenvalue weighted by Gasteiger charge is -2.02. The molecule has 0 amide bonds. The maximum Gasteiger partial charge on any atom is 0.329 e. The Morgan fingerprint density at radius 1 is 1.53 bits per heavy atom. The number of nitrogens with zero attached hydrogens (tertiary/aromatic N) is 5. The predicted octanol–water partition coefficient (Wildman–Crippen LogP) is 1.03. The summed E-state index contributed by atoms with van der Waals surface area (Å²) < 4.78 is 4.51. The standard InChI is InChI=1S/C7H5ClN6O3/c8-7-10-1-4(14(15)16)6(12-7)9-2-5-11-3-17-13-5/h1,3H,2H2,(H,9,10,12). The van der Waals surface area contributed by atoms with Crippen LogP contribution in [0.4, 0.5) is 11.5 Å². The van der Waals surface area contributed by atoms with E-state index in [2.05, 4.69) is 29.9 Å². The van der Waals surface area contributed by atoms with Gasteiger partial charge in [0.1, 0.15) is 6.20 Å². The molecule has 9 nitrogen and oxygen atoms in total. The summed E-state index contributed by atoms with van der Waals surface area (Å²) >= 11 is 5.55. The smallest absolute Gasteiger partial charge is 0.329 e. The van der Waals surface area contributed by atoms with Gasteiger partial charge in [-0.3, -0.25) is 10.1 Å². The molecule has 0 saturated carbocycles. The van der Waals surface area contributed by atoms with Gasteiger partial charge in [-0.2, -0.15) is 9.97 Å². The molecule has 0 spiro atoms. The van der Waals surface area contributed by atoms with E-state index in [0.29, 0.717) is 5.82 Å². The Balaban J connectivity index is 2.19. The third-order valence-corrected chi connectivity index (χ3v) is 1.94. The van der Waals surface area contributed by atoms with Crippen LogP contribution in [0.3, 0.4) is 0 Å². The van der Waals surface area contributed by atoms with E-state index in [1.807, 2.05) is 0 Å². The van der Waals surface area contributed by atoms with E-state index >= 15 is 0 Å². The van der Waals surface area contributed by atoms with Crippen molar-refractivity contribution in [2.24, 2.45) is 0 Å². The maximum absolute atomic E-state index is 10.7. The second-order valence-electron chi connectivity index (χ2n) is 2.83. The molecular formula is C7H5ClN6O3. The number of halogens is 1. The van der Waals surface area contributed by atoms with Crippen molar-refractivity contribution in [1.82, 2.24) is 20.1 Å². The lowest BCUT2D eigenvalue weighted by molar-refractivity contribution is -0.384. The largest absolute Gasteiger partial charge is 0.357 e. The number of anilines is 1. The van der Waals surface area contributed by atoms with E-state index in [0.717, 1.165) is 12.6 Å². The minimum atomic E-state index is -0.616. The van der Waals surface area contributed by atoms with Gasteiger partial charge in [0.05, 0.1) is 11.5 Å². The highest BCUT2D eigenvalue weighted by molar-refractivity contribution is 6.28. The molecule has 88 valence electrons. The number of hydrogen-bond acceptors (Lipinski definition) is 8. The Kier molecular flexibility index (Phi) is 3.10. The van der Waals surface area contributed by atoms with Crippen molar-refractivity contribution in [2.45, 2.75) is 6.54 Å². The van der Waals surface area contributed by atoms with Gasteiger partial charge < -0.3 is 9.84 Å². The Labute approximate surface area is 99.0 Å². The second kappa shape index (κ2) is 4.70. The van der Waals surface area contributed by atoms with E-state index in [1.54, 1.807) is 0 Å².